The maximum absolute atomic E-state index is 3.81. The van der Waals surface area contributed by atoms with Gasteiger partial charge < -0.3 is 9.88 Å². The molecule has 1 fully saturated rings. The molecule has 48 heavy (non-hydrogen) atoms. The van der Waals surface area contributed by atoms with E-state index in [4.69, 9.17) is 0 Å². The summed E-state index contributed by atoms with van der Waals surface area (Å²) in [5.41, 5.74) is 12.2. The molecule has 2 nitrogen and oxygen atoms in total. The van der Waals surface area contributed by atoms with Gasteiger partial charge >= 0.3 is 0 Å². The molecule has 1 heterocycles. The molecule has 0 unspecified atom stereocenters. The highest BCUT2D eigenvalue weighted by atomic mass is 15.0. The van der Waals surface area contributed by atoms with E-state index in [9.17, 15) is 0 Å². The van der Waals surface area contributed by atoms with Gasteiger partial charge in [-0.15, -0.1) is 0 Å². The molecular formula is C46H38N2. The summed E-state index contributed by atoms with van der Waals surface area (Å²) in [4.78, 5) is 0. The Morgan fingerprint density at radius 3 is 1.88 bits per heavy atom. The number of anilines is 2. The van der Waals surface area contributed by atoms with Crippen LogP contribution >= 0.6 is 0 Å². The predicted octanol–water partition coefficient (Wildman–Crippen LogP) is 13.1. The third-order valence-electron chi connectivity index (χ3n) is 10.4. The molecule has 2 heteroatoms. The van der Waals surface area contributed by atoms with Crippen LogP contribution in [-0.4, -0.2) is 4.57 Å². The van der Waals surface area contributed by atoms with E-state index < -0.39 is 0 Å². The van der Waals surface area contributed by atoms with Crippen molar-refractivity contribution in [3.8, 4) is 27.9 Å². The van der Waals surface area contributed by atoms with Crippen LogP contribution in [0.2, 0.25) is 0 Å². The van der Waals surface area contributed by atoms with Crippen LogP contribution in [0.15, 0.2) is 158 Å². The minimum absolute atomic E-state index is 0.734. The summed E-state index contributed by atoms with van der Waals surface area (Å²) in [5.74, 6) is 0.734. The first-order valence-corrected chi connectivity index (χ1v) is 17.4. The normalized spacial score (nSPS) is 13.8. The van der Waals surface area contributed by atoms with E-state index in [2.05, 4.69) is 168 Å². The molecule has 1 N–H and O–H groups in total. The van der Waals surface area contributed by atoms with Gasteiger partial charge in [-0.3, -0.25) is 0 Å². The van der Waals surface area contributed by atoms with E-state index in [1.54, 1.807) is 0 Å². The van der Waals surface area contributed by atoms with Crippen LogP contribution in [0.5, 0.6) is 0 Å². The molecule has 9 rings (SSSR count). The lowest BCUT2D eigenvalue weighted by atomic mass is 9.84. The van der Waals surface area contributed by atoms with Gasteiger partial charge in [-0.25, -0.2) is 0 Å². The van der Waals surface area contributed by atoms with Crippen molar-refractivity contribution >= 4 is 44.0 Å². The van der Waals surface area contributed by atoms with Crippen molar-refractivity contribution in [1.29, 1.82) is 0 Å². The van der Waals surface area contributed by atoms with Crippen LogP contribution in [0, 0.1) is 0 Å². The van der Waals surface area contributed by atoms with Gasteiger partial charge in [-0.1, -0.05) is 128 Å². The minimum Gasteiger partial charge on any atom is -0.355 e. The van der Waals surface area contributed by atoms with Crippen molar-refractivity contribution in [1.82, 2.24) is 4.57 Å². The Morgan fingerprint density at radius 2 is 1.10 bits per heavy atom. The van der Waals surface area contributed by atoms with Crippen molar-refractivity contribution in [2.45, 2.75) is 38.0 Å². The topological polar surface area (TPSA) is 17.0 Å². The number of nitrogens with zero attached hydrogens (tertiary/aromatic N) is 1. The van der Waals surface area contributed by atoms with Gasteiger partial charge in [0.2, 0.25) is 0 Å². The molecule has 0 spiro atoms. The third kappa shape index (κ3) is 5.24. The van der Waals surface area contributed by atoms with Crippen LogP contribution in [0.4, 0.5) is 11.4 Å². The van der Waals surface area contributed by atoms with Gasteiger partial charge in [0.05, 0.1) is 11.0 Å². The van der Waals surface area contributed by atoms with Crippen molar-refractivity contribution in [3.63, 3.8) is 0 Å². The standard InChI is InChI=1S/C46H38N2/c1-3-11-32(12-4-1)33-19-21-34(22-20-33)35-23-26-39(27-24-35)47-44-30-37-14-8-7-13-36(37)29-43(44)38-25-28-42-41-17-9-10-18-45(41)48(46(42)31-38)40-15-5-2-6-16-40/h2,5-10,13-32,47H,1,3-4,11-12H2. The number of nitrogens with one attached hydrogen (secondary N) is 1. The second-order valence-electron chi connectivity index (χ2n) is 13.3. The first-order valence-electron chi connectivity index (χ1n) is 17.4. The average molecular weight is 619 g/mol. The number of rotatable bonds is 6. The Kier molecular flexibility index (Phi) is 7.28. The molecule has 0 amide bonds. The van der Waals surface area contributed by atoms with E-state index in [0.29, 0.717) is 0 Å². The smallest absolute Gasteiger partial charge is 0.0547 e. The van der Waals surface area contributed by atoms with E-state index in [-0.39, 0.29) is 0 Å². The van der Waals surface area contributed by atoms with Crippen LogP contribution in [0.25, 0.3) is 60.5 Å². The quantitative estimate of drug-likeness (QED) is 0.196. The highest BCUT2D eigenvalue weighted by molar-refractivity contribution is 6.10. The highest BCUT2D eigenvalue weighted by Crippen LogP contribution is 2.39. The Balaban J connectivity index is 1.09. The van der Waals surface area contributed by atoms with Crippen LogP contribution < -0.4 is 5.32 Å². The van der Waals surface area contributed by atoms with Gasteiger partial charge in [0.25, 0.3) is 0 Å². The number of fused-ring (bicyclic) bond motifs is 4. The summed E-state index contributed by atoms with van der Waals surface area (Å²) >= 11 is 0. The molecule has 7 aromatic carbocycles. The fourth-order valence-electron chi connectivity index (χ4n) is 7.86. The summed E-state index contributed by atoms with van der Waals surface area (Å²) in [6, 6.07) is 57.8. The summed E-state index contributed by atoms with van der Waals surface area (Å²) in [6.45, 7) is 0. The van der Waals surface area contributed by atoms with Crippen molar-refractivity contribution in [3.05, 3.63) is 163 Å². The molecule has 0 saturated heterocycles. The Labute approximate surface area is 282 Å². The van der Waals surface area contributed by atoms with E-state index >= 15 is 0 Å². The minimum atomic E-state index is 0.734. The predicted molar refractivity (Wildman–Crippen MR) is 205 cm³/mol. The molecule has 0 radical (unpaired) electrons. The fourth-order valence-corrected chi connectivity index (χ4v) is 7.86. The van der Waals surface area contributed by atoms with E-state index in [0.717, 1.165) is 17.3 Å². The van der Waals surface area contributed by atoms with Gasteiger partial charge in [0, 0.05) is 33.4 Å². The second-order valence-corrected chi connectivity index (χ2v) is 13.3. The van der Waals surface area contributed by atoms with Gasteiger partial charge in [-0.05, 0) is 100 Å². The number of benzene rings is 7. The summed E-state index contributed by atoms with van der Waals surface area (Å²) in [5, 5.41) is 8.79. The number of para-hydroxylation sites is 2. The molecule has 0 bridgehead atoms. The number of hydrogen-bond donors (Lipinski definition) is 1. The Bertz CT molecular complexity index is 2380. The maximum atomic E-state index is 3.81. The molecule has 232 valence electrons. The molecule has 0 aliphatic heterocycles. The fraction of sp³-hybridized carbons (Fsp3) is 0.130. The molecule has 0 atom stereocenters. The van der Waals surface area contributed by atoms with Crippen molar-refractivity contribution in [2.24, 2.45) is 0 Å². The lowest BCUT2D eigenvalue weighted by Crippen LogP contribution is -2.04. The monoisotopic (exact) mass is 618 g/mol. The molecule has 1 saturated carbocycles. The van der Waals surface area contributed by atoms with Crippen molar-refractivity contribution < 1.29 is 0 Å². The van der Waals surface area contributed by atoms with Crippen LogP contribution in [-0.2, 0) is 0 Å². The first-order chi connectivity index (χ1) is 23.8. The summed E-state index contributed by atoms with van der Waals surface area (Å²) in [6.07, 6.45) is 6.80. The third-order valence-corrected chi connectivity index (χ3v) is 10.4. The zero-order chi connectivity index (χ0) is 31.9. The van der Waals surface area contributed by atoms with E-state index in [1.807, 2.05) is 0 Å². The van der Waals surface area contributed by atoms with Gasteiger partial charge in [0.15, 0.2) is 0 Å². The Morgan fingerprint density at radius 1 is 0.479 bits per heavy atom. The Hall–Kier alpha value is -5.60. The lowest BCUT2D eigenvalue weighted by molar-refractivity contribution is 0.443. The molecular weight excluding hydrogens is 581 g/mol. The molecule has 1 aliphatic carbocycles. The molecule has 1 aliphatic rings. The molecule has 1 aromatic heterocycles. The highest BCUT2D eigenvalue weighted by Gasteiger charge is 2.17. The number of aromatic nitrogens is 1. The maximum Gasteiger partial charge on any atom is 0.0547 e. The summed E-state index contributed by atoms with van der Waals surface area (Å²) < 4.78 is 2.39. The largest absolute Gasteiger partial charge is 0.355 e. The first kappa shape index (κ1) is 28.6. The zero-order valence-corrected chi connectivity index (χ0v) is 27.1. The second kappa shape index (κ2) is 12.2. The van der Waals surface area contributed by atoms with E-state index in [1.165, 1.54) is 98.2 Å². The lowest BCUT2D eigenvalue weighted by Gasteiger charge is -2.22. The van der Waals surface area contributed by atoms with Crippen LogP contribution in [0.3, 0.4) is 0 Å². The summed E-state index contributed by atoms with van der Waals surface area (Å²) in [7, 11) is 0. The van der Waals surface area contributed by atoms with Crippen LogP contribution in [0.1, 0.15) is 43.6 Å². The molecule has 8 aromatic rings. The van der Waals surface area contributed by atoms with Crippen molar-refractivity contribution in [2.75, 3.05) is 5.32 Å². The van der Waals surface area contributed by atoms with Gasteiger partial charge in [0.1, 0.15) is 0 Å². The SMILES string of the molecule is c1ccc(-n2c3ccccc3c3ccc(-c4cc5ccccc5cc4Nc4ccc(-c5ccc(C6CCCCC6)cc5)cc4)cc32)cc1. The average Bonchev–Trinajstić information content (AvgIpc) is 3.49. The van der Waals surface area contributed by atoms with Gasteiger partial charge in [-0.2, -0.15) is 0 Å². The zero-order valence-electron chi connectivity index (χ0n) is 27.1. The number of hydrogen-bond acceptors (Lipinski definition) is 1.